The Bertz CT molecular complexity index is 1540. The molecule has 4 rings (SSSR count). The standard InChI is InChI=1S/C38H50O7/c1-22(2)11-13-26-21-37-20-25(16-17-34(5,6)44)35(7,8)38(33(37)43,18-15-23(3)4)31(42)29(32(37)45-36(26,9)10)30(41)24-12-14-27(39)28(40)19-24/h11-12,14-17,19,25-26,39-40,44H,13,18,20-21H2,1-10H3/t25-,26-,37-,38-/m0/s1. The first-order valence-electron chi connectivity index (χ1n) is 15.9. The third kappa shape index (κ3) is 5.73. The minimum absolute atomic E-state index is 0.0189. The van der Waals surface area contributed by atoms with Gasteiger partial charge in [-0.3, -0.25) is 14.4 Å². The summed E-state index contributed by atoms with van der Waals surface area (Å²) < 4.78 is 6.77. The fourth-order valence-electron chi connectivity index (χ4n) is 7.54. The van der Waals surface area contributed by atoms with E-state index in [1.165, 1.54) is 12.1 Å². The summed E-state index contributed by atoms with van der Waals surface area (Å²) >= 11 is 0. The van der Waals surface area contributed by atoms with Crippen LogP contribution in [0.3, 0.4) is 0 Å². The number of phenols is 2. The van der Waals surface area contributed by atoms with Gasteiger partial charge >= 0.3 is 0 Å². The minimum atomic E-state index is -1.60. The summed E-state index contributed by atoms with van der Waals surface area (Å²) in [5.74, 6) is -2.61. The van der Waals surface area contributed by atoms with E-state index in [0.717, 1.165) is 17.2 Å². The molecular formula is C38H50O7. The van der Waals surface area contributed by atoms with Gasteiger partial charge in [0, 0.05) is 11.5 Å². The van der Waals surface area contributed by atoms with Crippen LogP contribution < -0.4 is 0 Å². The van der Waals surface area contributed by atoms with E-state index in [4.69, 9.17) is 4.74 Å². The lowest BCUT2D eigenvalue weighted by Gasteiger charge is -2.63. The molecule has 2 fully saturated rings. The summed E-state index contributed by atoms with van der Waals surface area (Å²) in [5, 5.41) is 30.9. The van der Waals surface area contributed by atoms with Gasteiger partial charge in [-0.25, -0.2) is 0 Å². The van der Waals surface area contributed by atoms with Crippen molar-refractivity contribution in [2.75, 3.05) is 0 Å². The lowest BCUT2D eigenvalue weighted by molar-refractivity contribution is -0.185. The van der Waals surface area contributed by atoms with Crippen LogP contribution in [0.1, 0.15) is 105 Å². The van der Waals surface area contributed by atoms with Crippen molar-refractivity contribution >= 4 is 17.3 Å². The number of phenolic OH excluding ortho intramolecular Hbond substituents is 2. The highest BCUT2D eigenvalue weighted by Crippen LogP contribution is 2.69. The molecule has 0 amide bonds. The molecule has 3 N–H and O–H groups in total. The van der Waals surface area contributed by atoms with Crippen LogP contribution >= 0.6 is 0 Å². The van der Waals surface area contributed by atoms with E-state index in [9.17, 15) is 20.1 Å². The number of fused-ring (bicyclic) bond motifs is 1. The number of hydrogen-bond acceptors (Lipinski definition) is 7. The lowest BCUT2D eigenvalue weighted by atomic mass is 9.39. The predicted molar refractivity (Wildman–Crippen MR) is 175 cm³/mol. The van der Waals surface area contributed by atoms with Crippen molar-refractivity contribution in [2.24, 2.45) is 28.1 Å². The van der Waals surface area contributed by atoms with E-state index in [-0.39, 0.29) is 46.7 Å². The molecule has 7 nitrogen and oxygen atoms in total. The molecule has 45 heavy (non-hydrogen) atoms. The summed E-state index contributed by atoms with van der Waals surface area (Å²) in [4.78, 5) is 45.0. The molecule has 0 radical (unpaired) electrons. The van der Waals surface area contributed by atoms with Crippen LogP contribution in [0.15, 0.2) is 65.0 Å². The first-order valence-corrected chi connectivity index (χ1v) is 15.9. The van der Waals surface area contributed by atoms with Gasteiger partial charge in [0.15, 0.2) is 28.8 Å². The average molecular weight is 619 g/mol. The number of allylic oxidation sites excluding steroid dienone is 7. The topological polar surface area (TPSA) is 121 Å². The van der Waals surface area contributed by atoms with Crippen LogP contribution in [0.4, 0.5) is 0 Å². The van der Waals surface area contributed by atoms with Crippen LogP contribution in [0.25, 0.3) is 0 Å². The summed E-state index contributed by atoms with van der Waals surface area (Å²) in [6.07, 6.45) is 9.18. The van der Waals surface area contributed by atoms with Crippen molar-refractivity contribution in [3.8, 4) is 11.5 Å². The molecular weight excluding hydrogens is 568 g/mol. The van der Waals surface area contributed by atoms with Gasteiger partial charge in [0.25, 0.3) is 0 Å². The maximum Gasteiger partial charge on any atom is 0.200 e. The van der Waals surface area contributed by atoms with Crippen molar-refractivity contribution in [1.82, 2.24) is 0 Å². The van der Waals surface area contributed by atoms with E-state index in [1.54, 1.807) is 19.9 Å². The summed E-state index contributed by atoms with van der Waals surface area (Å²) in [7, 11) is 0. The van der Waals surface area contributed by atoms with Gasteiger partial charge in [0.1, 0.15) is 22.3 Å². The molecule has 1 saturated carbocycles. The van der Waals surface area contributed by atoms with E-state index in [2.05, 4.69) is 6.08 Å². The number of hydrogen-bond donors (Lipinski definition) is 3. The molecule has 2 bridgehead atoms. The molecule has 1 aromatic rings. The SMILES string of the molecule is CC(C)=CC[C@H]1C[C@@]23C[C@H](C=CC(C)(C)O)C(C)(C)[C@@](CC=C(C)C)(C(=O)C(C(=O)c4ccc(O)c(O)c4)=C2OC1(C)C)C3=O. The number of ketones is 3. The third-order valence-corrected chi connectivity index (χ3v) is 10.5. The third-order valence-electron chi connectivity index (χ3n) is 10.5. The second-order valence-corrected chi connectivity index (χ2v) is 15.5. The van der Waals surface area contributed by atoms with Crippen LogP contribution in [-0.4, -0.2) is 43.9 Å². The molecule has 2 aliphatic carbocycles. The smallest absolute Gasteiger partial charge is 0.200 e. The molecule has 1 aliphatic heterocycles. The Morgan fingerprint density at radius 1 is 0.978 bits per heavy atom. The zero-order valence-corrected chi connectivity index (χ0v) is 28.5. The molecule has 244 valence electrons. The van der Waals surface area contributed by atoms with Crippen LogP contribution in [0, 0.1) is 28.1 Å². The maximum atomic E-state index is 15.3. The van der Waals surface area contributed by atoms with Gasteiger partial charge in [-0.1, -0.05) is 49.3 Å². The second kappa shape index (κ2) is 11.4. The Labute approximate surface area is 267 Å². The summed E-state index contributed by atoms with van der Waals surface area (Å²) in [5.41, 5.74) is -3.79. The van der Waals surface area contributed by atoms with E-state index >= 15 is 9.59 Å². The van der Waals surface area contributed by atoms with Crippen LogP contribution in [0.5, 0.6) is 11.5 Å². The normalized spacial score (nSPS) is 28.8. The first kappa shape index (κ1) is 34.4. The van der Waals surface area contributed by atoms with Crippen LogP contribution in [-0.2, 0) is 14.3 Å². The van der Waals surface area contributed by atoms with Crippen molar-refractivity contribution in [3.05, 3.63) is 70.5 Å². The zero-order valence-electron chi connectivity index (χ0n) is 28.5. The monoisotopic (exact) mass is 618 g/mol. The minimum Gasteiger partial charge on any atom is -0.504 e. The molecule has 4 atom stereocenters. The Balaban J connectivity index is 2.11. The van der Waals surface area contributed by atoms with Gasteiger partial charge in [0.05, 0.1) is 11.0 Å². The number of benzene rings is 1. The molecule has 3 aliphatic rings. The molecule has 7 heteroatoms. The van der Waals surface area contributed by atoms with Crippen molar-refractivity contribution in [2.45, 2.75) is 106 Å². The predicted octanol–water partition coefficient (Wildman–Crippen LogP) is 7.56. The van der Waals surface area contributed by atoms with E-state index in [0.29, 0.717) is 19.3 Å². The Morgan fingerprint density at radius 3 is 2.16 bits per heavy atom. The molecule has 0 unspecified atom stereocenters. The zero-order chi connectivity index (χ0) is 33.9. The largest absolute Gasteiger partial charge is 0.504 e. The van der Waals surface area contributed by atoms with E-state index in [1.807, 2.05) is 67.5 Å². The lowest BCUT2D eigenvalue weighted by Crippen LogP contribution is -2.69. The Hall–Kier alpha value is -3.45. The highest BCUT2D eigenvalue weighted by Gasteiger charge is 2.74. The number of aliphatic hydroxyl groups is 1. The highest BCUT2D eigenvalue weighted by molar-refractivity contribution is 6.35. The van der Waals surface area contributed by atoms with E-state index < -0.39 is 44.8 Å². The number of rotatable bonds is 8. The van der Waals surface area contributed by atoms with Gasteiger partial charge in [-0.15, -0.1) is 0 Å². The molecule has 1 aromatic carbocycles. The summed E-state index contributed by atoms with van der Waals surface area (Å²) in [6, 6.07) is 3.72. The van der Waals surface area contributed by atoms with Gasteiger partial charge in [-0.05, 0) is 111 Å². The quantitative estimate of drug-likeness (QED) is 0.0904. The average Bonchev–Trinajstić information content (AvgIpc) is 2.90. The highest BCUT2D eigenvalue weighted by atomic mass is 16.5. The molecule has 1 saturated heterocycles. The maximum absolute atomic E-state index is 15.3. The fourth-order valence-corrected chi connectivity index (χ4v) is 7.54. The number of Topliss-reactive ketones (excluding diaryl/α,β-unsaturated/α-hetero) is 3. The molecule has 1 heterocycles. The van der Waals surface area contributed by atoms with Crippen molar-refractivity contribution < 1.29 is 34.4 Å². The molecule has 0 aromatic heterocycles. The van der Waals surface area contributed by atoms with Gasteiger partial charge in [-0.2, -0.15) is 0 Å². The molecule has 1 spiro atoms. The number of ether oxygens (including phenoxy) is 1. The Morgan fingerprint density at radius 2 is 1.60 bits per heavy atom. The van der Waals surface area contributed by atoms with Crippen molar-refractivity contribution in [3.63, 3.8) is 0 Å². The van der Waals surface area contributed by atoms with Crippen LogP contribution in [0.2, 0.25) is 0 Å². The fraction of sp³-hybridized carbons (Fsp3) is 0.553. The number of aromatic hydroxyl groups is 2. The van der Waals surface area contributed by atoms with Gasteiger partial charge in [0.2, 0.25) is 0 Å². The van der Waals surface area contributed by atoms with Crippen molar-refractivity contribution in [1.29, 1.82) is 0 Å². The van der Waals surface area contributed by atoms with Gasteiger partial charge < -0.3 is 20.1 Å². The number of carbonyl (C=O) groups excluding carboxylic acids is 3. The first-order chi connectivity index (χ1) is 20.6. The summed E-state index contributed by atoms with van der Waals surface area (Å²) in [6.45, 7) is 19.0. The second-order valence-electron chi connectivity index (χ2n) is 15.5. The number of carbonyl (C=O) groups is 3. The Kier molecular flexibility index (Phi) is 8.73.